The van der Waals surface area contributed by atoms with Crippen LogP contribution in [0.5, 0.6) is 0 Å². The minimum Gasteiger partial charge on any atom is -0.357 e. The minimum atomic E-state index is -0.240. The number of hydrogen-bond acceptors (Lipinski definition) is 3. The van der Waals surface area contributed by atoms with Crippen LogP contribution in [0.15, 0.2) is 24.3 Å². The first-order chi connectivity index (χ1) is 8.26. The lowest BCUT2D eigenvalue weighted by molar-refractivity contribution is -0.123. The molecule has 1 amide bonds. The molecule has 2 rings (SSSR count). The maximum absolute atomic E-state index is 11.7. The monoisotopic (exact) mass is 233 g/mol. The first-order valence-electron chi connectivity index (χ1n) is 6.09. The average molecular weight is 233 g/mol. The first-order valence-corrected chi connectivity index (χ1v) is 6.09. The molecule has 0 radical (unpaired) electrons. The number of benzene rings is 1. The van der Waals surface area contributed by atoms with Crippen molar-refractivity contribution in [1.29, 1.82) is 0 Å². The summed E-state index contributed by atoms with van der Waals surface area (Å²) in [5, 5.41) is 2.84. The summed E-state index contributed by atoms with van der Waals surface area (Å²) >= 11 is 0. The fourth-order valence-electron chi connectivity index (χ4n) is 2.18. The lowest BCUT2D eigenvalue weighted by atomic mass is 10.1. The van der Waals surface area contributed by atoms with E-state index in [1.807, 2.05) is 0 Å². The molecule has 0 spiro atoms. The SMILES string of the molecule is CCc1ccc(N2CCNC(=O)C2CN)cc1. The van der Waals surface area contributed by atoms with E-state index in [1.165, 1.54) is 5.56 Å². The van der Waals surface area contributed by atoms with Crippen molar-refractivity contribution in [3.05, 3.63) is 29.8 Å². The van der Waals surface area contributed by atoms with Gasteiger partial charge in [0.05, 0.1) is 0 Å². The first kappa shape index (κ1) is 11.9. The van der Waals surface area contributed by atoms with E-state index in [4.69, 9.17) is 5.73 Å². The van der Waals surface area contributed by atoms with Crippen molar-refractivity contribution in [3.8, 4) is 0 Å². The average Bonchev–Trinajstić information content (AvgIpc) is 2.38. The Morgan fingerprint density at radius 2 is 2.12 bits per heavy atom. The number of hydrogen-bond donors (Lipinski definition) is 2. The summed E-state index contributed by atoms with van der Waals surface area (Å²) in [5.74, 6) is 0.0262. The number of carbonyl (C=O) groups excluding carboxylic acids is 1. The van der Waals surface area contributed by atoms with E-state index < -0.39 is 0 Å². The molecule has 1 saturated heterocycles. The second kappa shape index (κ2) is 5.19. The molecule has 1 unspecified atom stereocenters. The summed E-state index contributed by atoms with van der Waals surface area (Å²) < 4.78 is 0. The molecule has 92 valence electrons. The van der Waals surface area contributed by atoms with Gasteiger partial charge in [0.15, 0.2) is 0 Å². The maximum atomic E-state index is 11.7. The Bertz CT molecular complexity index is 388. The number of anilines is 1. The van der Waals surface area contributed by atoms with Crippen molar-refractivity contribution in [2.45, 2.75) is 19.4 Å². The van der Waals surface area contributed by atoms with Gasteiger partial charge >= 0.3 is 0 Å². The molecule has 1 aromatic carbocycles. The molecule has 0 aromatic heterocycles. The zero-order chi connectivity index (χ0) is 12.3. The van der Waals surface area contributed by atoms with E-state index in [9.17, 15) is 4.79 Å². The number of aryl methyl sites for hydroxylation is 1. The third kappa shape index (κ3) is 2.42. The Balaban J connectivity index is 2.21. The van der Waals surface area contributed by atoms with E-state index >= 15 is 0 Å². The smallest absolute Gasteiger partial charge is 0.244 e. The van der Waals surface area contributed by atoms with Crippen molar-refractivity contribution in [2.75, 3.05) is 24.5 Å². The standard InChI is InChI=1S/C13H19N3O/c1-2-10-3-5-11(6-4-10)16-8-7-15-13(17)12(16)9-14/h3-6,12H,2,7-9,14H2,1H3,(H,15,17). The van der Waals surface area contributed by atoms with Crippen molar-refractivity contribution in [1.82, 2.24) is 5.32 Å². The lowest BCUT2D eigenvalue weighted by Crippen LogP contribution is -2.58. The molecule has 1 atom stereocenters. The van der Waals surface area contributed by atoms with Gasteiger partial charge in [0, 0.05) is 25.3 Å². The van der Waals surface area contributed by atoms with Crippen LogP contribution in [0, 0.1) is 0 Å². The van der Waals surface area contributed by atoms with E-state index in [2.05, 4.69) is 41.4 Å². The Kier molecular flexibility index (Phi) is 3.64. The van der Waals surface area contributed by atoms with Gasteiger partial charge in [-0.3, -0.25) is 4.79 Å². The largest absolute Gasteiger partial charge is 0.357 e. The molecular formula is C13H19N3O. The lowest BCUT2D eigenvalue weighted by Gasteiger charge is -2.36. The molecule has 1 heterocycles. The molecule has 0 bridgehead atoms. The van der Waals surface area contributed by atoms with Crippen LogP contribution in [0.4, 0.5) is 5.69 Å². The maximum Gasteiger partial charge on any atom is 0.244 e. The van der Waals surface area contributed by atoms with Gasteiger partial charge in [-0.05, 0) is 24.1 Å². The predicted octanol–water partition coefficient (Wildman–Crippen LogP) is 0.513. The van der Waals surface area contributed by atoms with Crippen LogP contribution in [0.3, 0.4) is 0 Å². The Labute approximate surface area is 102 Å². The van der Waals surface area contributed by atoms with Crippen molar-refractivity contribution in [2.24, 2.45) is 5.73 Å². The van der Waals surface area contributed by atoms with Crippen molar-refractivity contribution >= 4 is 11.6 Å². The van der Waals surface area contributed by atoms with Gasteiger partial charge < -0.3 is 16.0 Å². The van der Waals surface area contributed by atoms with E-state index in [0.717, 1.165) is 18.7 Å². The molecule has 1 aliphatic rings. The van der Waals surface area contributed by atoms with Gasteiger partial charge in [-0.1, -0.05) is 19.1 Å². The van der Waals surface area contributed by atoms with Crippen LogP contribution in [-0.4, -0.2) is 31.6 Å². The normalized spacial score (nSPS) is 20.2. The van der Waals surface area contributed by atoms with Gasteiger partial charge in [0.25, 0.3) is 0 Å². The van der Waals surface area contributed by atoms with E-state index in [0.29, 0.717) is 13.1 Å². The number of nitrogens with zero attached hydrogens (tertiary/aromatic N) is 1. The summed E-state index contributed by atoms with van der Waals surface area (Å²) in [6, 6.07) is 8.11. The summed E-state index contributed by atoms with van der Waals surface area (Å²) in [4.78, 5) is 13.8. The highest BCUT2D eigenvalue weighted by molar-refractivity contribution is 5.86. The van der Waals surface area contributed by atoms with Crippen LogP contribution >= 0.6 is 0 Å². The molecular weight excluding hydrogens is 214 g/mol. The highest BCUT2D eigenvalue weighted by atomic mass is 16.2. The van der Waals surface area contributed by atoms with Crippen LogP contribution < -0.4 is 16.0 Å². The zero-order valence-corrected chi connectivity index (χ0v) is 10.1. The van der Waals surface area contributed by atoms with Gasteiger partial charge in [0.1, 0.15) is 6.04 Å². The van der Waals surface area contributed by atoms with Crippen LogP contribution in [0.1, 0.15) is 12.5 Å². The number of amides is 1. The van der Waals surface area contributed by atoms with Gasteiger partial charge in [-0.25, -0.2) is 0 Å². The van der Waals surface area contributed by atoms with Gasteiger partial charge in [0.2, 0.25) is 5.91 Å². The molecule has 0 saturated carbocycles. The third-order valence-electron chi connectivity index (χ3n) is 3.23. The number of nitrogens with one attached hydrogen (secondary N) is 1. The molecule has 1 aromatic rings. The van der Waals surface area contributed by atoms with Crippen LogP contribution in [0.2, 0.25) is 0 Å². The van der Waals surface area contributed by atoms with E-state index in [1.54, 1.807) is 0 Å². The topological polar surface area (TPSA) is 58.4 Å². The van der Waals surface area contributed by atoms with Crippen molar-refractivity contribution in [3.63, 3.8) is 0 Å². The van der Waals surface area contributed by atoms with Gasteiger partial charge in [-0.15, -0.1) is 0 Å². The Morgan fingerprint density at radius 3 is 2.71 bits per heavy atom. The summed E-state index contributed by atoms with van der Waals surface area (Å²) in [6.45, 7) is 3.98. The number of nitrogens with two attached hydrogens (primary N) is 1. The van der Waals surface area contributed by atoms with Crippen LogP contribution in [-0.2, 0) is 11.2 Å². The quantitative estimate of drug-likeness (QED) is 0.800. The van der Waals surface area contributed by atoms with Crippen molar-refractivity contribution < 1.29 is 4.79 Å². The van der Waals surface area contributed by atoms with E-state index in [-0.39, 0.29) is 11.9 Å². The van der Waals surface area contributed by atoms with Crippen LogP contribution in [0.25, 0.3) is 0 Å². The summed E-state index contributed by atoms with van der Waals surface area (Å²) in [6.07, 6.45) is 1.03. The Hall–Kier alpha value is -1.55. The zero-order valence-electron chi connectivity index (χ0n) is 10.1. The molecule has 1 fully saturated rings. The molecule has 0 aliphatic carbocycles. The summed E-state index contributed by atoms with van der Waals surface area (Å²) in [7, 11) is 0. The summed E-state index contributed by atoms with van der Waals surface area (Å²) in [5.41, 5.74) is 8.06. The number of rotatable bonds is 3. The second-order valence-corrected chi connectivity index (χ2v) is 4.26. The molecule has 4 heteroatoms. The fraction of sp³-hybridized carbons (Fsp3) is 0.462. The number of carbonyl (C=O) groups is 1. The Morgan fingerprint density at radius 1 is 1.41 bits per heavy atom. The third-order valence-corrected chi connectivity index (χ3v) is 3.23. The molecule has 3 N–H and O–H groups in total. The molecule has 17 heavy (non-hydrogen) atoms. The minimum absolute atomic E-state index is 0.0262. The molecule has 4 nitrogen and oxygen atoms in total. The highest BCUT2D eigenvalue weighted by Gasteiger charge is 2.28. The fourth-order valence-corrected chi connectivity index (χ4v) is 2.18. The molecule has 1 aliphatic heterocycles. The predicted molar refractivity (Wildman–Crippen MR) is 69.0 cm³/mol. The number of piperazine rings is 1. The second-order valence-electron chi connectivity index (χ2n) is 4.26. The van der Waals surface area contributed by atoms with Gasteiger partial charge in [-0.2, -0.15) is 0 Å². The highest BCUT2D eigenvalue weighted by Crippen LogP contribution is 2.19.